The highest BCUT2D eigenvalue weighted by Gasteiger charge is 2.48. The number of carboxylic acids is 1. The zero-order valence-corrected chi connectivity index (χ0v) is 14.4. The Labute approximate surface area is 132 Å². The molecule has 0 spiro atoms. The van der Waals surface area contributed by atoms with Crippen LogP contribution in [-0.4, -0.2) is 33.4 Å². The van der Waals surface area contributed by atoms with E-state index in [1.807, 2.05) is 13.8 Å². The zero-order chi connectivity index (χ0) is 16.2. The molecule has 6 nitrogen and oxygen atoms in total. The average molecular weight is 361 g/mol. The number of aromatic nitrogens is 2. The van der Waals surface area contributed by atoms with Gasteiger partial charge in [-0.3, -0.25) is 14.3 Å². The molecule has 0 saturated heterocycles. The van der Waals surface area contributed by atoms with Crippen LogP contribution in [0.5, 0.6) is 0 Å². The van der Waals surface area contributed by atoms with E-state index in [9.17, 15) is 14.7 Å². The van der Waals surface area contributed by atoms with Crippen LogP contribution in [-0.2, 0) is 27.8 Å². The fraction of sp³-hybridized carbons (Fsp3) is 0.643. The van der Waals surface area contributed by atoms with Gasteiger partial charge in [-0.25, -0.2) is 0 Å². The molecule has 1 aromatic rings. The number of carboxylic acid groups (broad SMARTS) is 1. The van der Waals surface area contributed by atoms with Crippen LogP contribution in [0.15, 0.2) is 4.47 Å². The second-order valence-corrected chi connectivity index (χ2v) is 5.80. The number of carbonyl (C=O) groups excluding carboxylic acids is 1. The predicted molar refractivity (Wildman–Crippen MR) is 81.0 cm³/mol. The molecule has 0 aromatic carbocycles. The van der Waals surface area contributed by atoms with E-state index < -0.39 is 17.4 Å². The van der Waals surface area contributed by atoms with Crippen molar-refractivity contribution in [1.82, 2.24) is 9.78 Å². The molecule has 0 aliphatic heterocycles. The third-order valence-electron chi connectivity index (χ3n) is 3.48. The molecule has 0 radical (unpaired) electrons. The zero-order valence-electron chi connectivity index (χ0n) is 12.8. The topological polar surface area (TPSA) is 81.4 Å². The van der Waals surface area contributed by atoms with E-state index >= 15 is 0 Å². The molecule has 0 aliphatic carbocycles. The summed E-state index contributed by atoms with van der Waals surface area (Å²) in [6.07, 6.45) is 0.838. The van der Waals surface area contributed by atoms with Crippen molar-refractivity contribution in [3.63, 3.8) is 0 Å². The number of halogens is 1. The Kier molecular flexibility index (Phi) is 5.95. The molecule has 1 N–H and O–H groups in total. The molecule has 1 heterocycles. The Morgan fingerprint density at radius 2 is 2.05 bits per heavy atom. The average Bonchev–Trinajstić information content (AvgIpc) is 2.64. The van der Waals surface area contributed by atoms with Gasteiger partial charge < -0.3 is 9.84 Å². The maximum atomic E-state index is 12.3. The van der Waals surface area contributed by atoms with Gasteiger partial charge in [-0.15, -0.1) is 0 Å². The first-order valence-electron chi connectivity index (χ1n) is 6.88. The van der Waals surface area contributed by atoms with E-state index in [1.165, 1.54) is 0 Å². The lowest BCUT2D eigenvalue weighted by molar-refractivity contribution is -0.169. The summed E-state index contributed by atoms with van der Waals surface area (Å²) in [5, 5.41) is 13.9. The largest absolute Gasteiger partial charge is 0.480 e. The molecule has 118 valence electrons. The maximum absolute atomic E-state index is 12.3. The second kappa shape index (κ2) is 7.06. The SMILES string of the molecule is CCCC(Cc1c(Br)c(C)nn1C)(C(=O)O)C(=O)OCC. The van der Waals surface area contributed by atoms with Gasteiger partial charge in [0.2, 0.25) is 0 Å². The predicted octanol–water partition coefficient (Wildman–Crippen LogP) is 2.47. The van der Waals surface area contributed by atoms with E-state index in [0.717, 1.165) is 10.2 Å². The molecule has 0 fully saturated rings. The van der Waals surface area contributed by atoms with E-state index in [-0.39, 0.29) is 19.4 Å². The summed E-state index contributed by atoms with van der Waals surface area (Å²) in [6, 6.07) is 0. The molecular weight excluding hydrogens is 340 g/mol. The summed E-state index contributed by atoms with van der Waals surface area (Å²) in [7, 11) is 1.73. The first-order chi connectivity index (χ1) is 9.80. The van der Waals surface area contributed by atoms with Gasteiger partial charge in [0, 0.05) is 13.5 Å². The van der Waals surface area contributed by atoms with Crippen molar-refractivity contribution in [1.29, 1.82) is 0 Å². The smallest absolute Gasteiger partial charge is 0.323 e. The quantitative estimate of drug-likeness (QED) is 0.596. The Balaban J connectivity index is 3.29. The number of hydrogen-bond donors (Lipinski definition) is 1. The molecule has 0 amide bonds. The van der Waals surface area contributed by atoms with E-state index in [4.69, 9.17) is 4.74 Å². The molecule has 0 aliphatic rings. The minimum Gasteiger partial charge on any atom is -0.480 e. The minimum atomic E-state index is -1.58. The van der Waals surface area contributed by atoms with Crippen molar-refractivity contribution in [2.45, 2.75) is 40.0 Å². The van der Waals surface area contributed by atoms with Gasteiger partial charge in [-0.1, -0.05) is 13.3 Å². The molecular formula is C14H21BrN2O4. The van der Waals surface area contributed by atoms with Gasteiger partial charge in [0.05, 0.1) is 22.5 Å². The lowest BCUT2D eigenvalue weighted by Crippen LogP contribution is -2.43. The van der Waals surface area contributed by atoms with Gasteiger partial charge in [0.15, 0.2) is 5.41 Å². The van der Waals surface area contributed by atoms with Crippen LogP contribution in [0.4, 0.5) is 0 Å². The molecule has 1 unspecified atom stereocenters. The van der Waals surface area contributed by atoms with Gasteiger partial charge >= 0.3 is 11.9 Å². The Morgan fingerprint density at radius 1 is 1.43 bits per heavy atom. The number of rotatable bonds is 7. The highest BCUT2D eigenvalue weighted by Crippen LogP contribution is 2.34. The summed E-state index contributed by atoms with van der Waals surface area (Å²) in [5.74, 6) is -1.85. The maximum Gasteiger partial charge on any atom is 0.323 e. The van der Waals surface area contributed by atoms with Gasteiger partial charge in [0.1, 0.15) is 0 Å². The summed E-state index contributed by atoms with van der Waals surface area (Å²) in [6.45, 7) is 5.49. The number of hydrogen-bond acceptors (Lipinski definition) is 4. The summed E-state index contributed by atoms with van der Waals surface area (Å²) >= 11 is 3.41. The molecule has 1 aromatic heterocycles. The first kappa shape index (κ1) is 17.7. The van der Waals surface area contributed by atoms with E-state index in [2.05, 4.69) is 21.0 Å². The highest BCUT2D eigenvalue weighted by molar-refractivity contribution is 9.10. The van der Waals surface area contributed by atoms with Crippen LogP contribution in [0.1, 0.15) is 38.1 Å². The van der Waals surface area contributed by atoms with Gasteiger partial charge in [0.25, 0.3) is 0 Å². The normalized spacial score (nSPS) is 13.8. The highest BCUT2D eigenvalue weighted by atomic mass is 79.9. The van der Waals surface area contributed by atoms with Crippen LogP contribution < -0.4 is 0 Å². The molecule has 7 heteroatoms. The van der Waals surface area contributed by atoms with Crippen molar-refractivity contribution in [3.05, 3.63) is 15.9 Å². The van der Waals surface area contributed by atoms with Gasteiger partial charge in [-0.05, 0) is 36.2 Å². The van der Waals surface area contributed by atoms with E-state index in [0.29, 0.717) is 12.1 Å². The standard InChI is InChI=1S/C14H21BrN2O4/c1-5-7-14(12(18)19,13(20)21-6-2)8-10-11(15)9(3)16-17(10)4/h5-8H2,1-4H3,(H,18,19). The number of aliphatic carboxylic acids is 1. The third-order valence-corrected chi connectivity index (χ3v) is 4.51. The number of aryl methyl sites for hydroxylation is 2. The van der Waals surface area contributed by atoms with Crippen LogP contribution in [0, 0.1) is 12.3 Å². The molecule has 0 bridgehead atoms. The van der Waals surface area contributed by atoms with Crippen LogP contribution in [0.3, 0.4) is 0 Å². The number of nitrogens with zero attached hydrogens (tertiary/aromatic N) is 2. The Bertz CT molecular complexity index is 541. The van der Waals surface area contributed by atoms with Crippen molar-refractivity contribution in [3.8, 4) is 0 Å². The number of carbonyl (C=O) groups is 2. The van der Waals surface area contributed by atoms with Crippen molar-refractivity contribution in [2.24, 2.45) is 12.5 Å². The monoisotopic (exact) mass is 360 g/mol. The summed E-state index contributed by atoms with van der Waals surface area (Å²) in [4.78, 5) is 24.1. The summed E-state index contributed by atoms with van der Waals surface area (Å²) in [5.41, 5.74) is -0.142. The third kappa shape index (κ3) is 3.45. The fourth-order valence-electron chi connectivity index (χ4n) is 2.39. The Hall–Kier alpha value is -1.37. The lowest BCUT2D eigenvalue weighted by Gasteiger charge is -2.27. The molecule has 1 atom stereocenters. The number of esters is 1. The van der Waals surface area contributed by atoms with Crippen molar-refractivity contribution >= 4 is 27.9 Å². The molecule has 1 rings (SSSR count). The second-order valence-electron chi connectivity index (χ2n) is 5.00. The van der Waals surface area contributed by atoms with Crippen molar-refractivity contribution in [2.75, 3.05) is 6.61 Å². The van der Waals surface area contributed by atoms with Crippen molar-refractivity contribution < 1.29 is 19.4 Å². The number of ether oxygens (including phenoxy) is 1. The summed E-state index contributed by atoms with van der Waals surface area (Å²) < 4.78 is 7.35. The Morgan fingerprint density at radius 3 is 2.43 bits per heavy atom. The van der Waals surface area contributed by atoms with Crippen LogP contribution >= 0.6 is 15.9 Å². The lowest BCUT2D eigenvalue weighted by atomic mass is 9.79. The molecule has 0 saturated carbocycles. The van der Waals surface area contributed by atoms with E-state index in [1.54, 1.807) is 18.7 Å². The molecule has 21 heavy (non-hydrogen) atoms. The van der Waals surface area contributed by atoms with Crippen LogP contribution in [0.25, 0.3) is 0 Å². The fourth-order valence-corrected chi connectivity index (χ4v) is 2.86. The van der Waals surface area contributed by atoms with Gasteiger partial charge in [-0.2, -0.15) is 5.10 Å². The van der Waals surface area contributed by atoms with Crippen LogP contribution in [0.2, 0.25) is 0 Å². The first-order valence-corrected chi connectivity index (χ1v) is 7.68. The minimum absolute atomic E-state index is 0.0485.